The van der Waals surface area contributed by atoms with Gasteiger partial charge in [-0.1, -0.05) is 24.3 Å². The van der Waals surface area contributed by atoms with Gasteiger partial charge in [-0.05, 0) is 29.8 Å². The van der Waals surface area contributed by atoms with Gasteiger partial charge in [-0.25, -0.2) is 9.18 Å². The van der Waals surface area contributed by atoms with Crippen molar-refractivity contribution in [1.29, 1.82) is 0 Å². The minimum absolute atomic E-state index is 0.159. The van der Waals surface area contributed by atoms with Crippen LogP contribution in [0.1, 0.15) is 21.5 Å². The topological polar surface area (TPSA) is 55.4 Å². The first-order valence-corrected chi connectivity index (χ1v) is 7.51. The number of methoxy groups -OCH3 is 1. The monoisotopic (exact) mass is 369 g/mol. The van der Waals surface area contributed by atoms with Gasteiger partial charge in [0, 0.05) is 12.0 Å². The summed E-state index contributed by atoms with van der Waals surface area (Å²) in [5.74, 6) is -2.31. The van der Waals surface area contributed by atoms with Gasteiger partial charge in [0.1, 0.15) is 11.9 Å². The molecule has 0 aliphatic carbocycles. The molecule has 0 heterocycles. The molecule has 0 saturated carbocycles. The first-order chi connectivity index (χ1) is 12.2. The Morgan fingerprint density at radius 1 is 1.12 bits per heavy atom. The Bertz CT molecular complexity index is 805. The van der Waals surface area contributed by atoms with E-state index in [9.17, 15) is 27.2 Å². The number of hydrogen-bond donors (Lipinski definition) is 1. The van der Waals surface area contributed by atoms with Gasteiger partial charge in [-0.2, -0.15) is 13.2 Å². The van der Waals surface area contributed by atoms with Gasteiger partial charge < -0.3 is 10.1 Å². The molecule has 2 aromatic carbocycles. The summed E-state index contributed by atoms with van der Waals surface area (Å²) in [5.41, 5.74) is -1.11. The Morgan fingerprint density at radius 3 is 2.42 bits per heavy atom. The zero-order valence-corrected chi connectivity index (χ0v) is 13.6. The highest BCUT2D eigenvalue weighted by atomic mass is 19.4. The van der Waals surface area contributed by atoms with Gasteiger partial charge in [-0.3, -0.25) is 4.79 Å². The van der Waals surface area contributed by atoms with E-state index in [1.165, 1.54) is 24.3 Å². The molecule has 2 rings (SSSR count). The number of carbonyl (C=O) groups excluding carboxylic acids is 2. The summed E-state index contributed by atoms with van der Waals surface area (Å²) in [6, 6.07) is 8.16. The number of rotatable bonds is 5. The molecule has 8 heteroatoms. The third kappa shape index (κ3) is 4.81. The van der Waals surface area contributed by atoms with Crippen LogP contribution in [-0.2, 0) is 22.1 Å². The second-order valence-electron chi connectivity index (χ2n) is 5.42. The lowest BCUT2D eigenvalue weighted by atomic mass is 10.0. The number of esters is 1. The molecule has 0 aliphatic rings. The molecule has 1 atom stereocenters. The maximum atomic E-state index is 13.8. The molecule has 26 heavy (non-hydrogen) atoms. The van der Waals surface area contributed by atoms with Crippen molar-refractivity contribution >= 4 is 11.9 Å². The van der Waals surface area contributed by atoms with Crippen molar-refractivity contribution in [2.45, 2.75) is 18.6 Å². The van der Waals surface area contributed by atoms with E-state index in [1.54, 1.807) is 6.07 Å². The van der Waals surface area contributed by atoms with Crippen molar-refractivity contribution in [3.63, 3.8) is 0 Å². The highest BCUT2D eigenvalue weighted by molar-refractivity contribution is 5.97. The minimum atomic E-state index is -4.61. The lowest BCUT2D eigenvalue weighted by molar-refractivity contribution is -0.143. The molecule has 0 saturated heterocycles. The molecular weight excluding hydrogens is 354 g/mol. The van der Waals surface area contributed by atoms with Gasteiger partial charge in [0.2, 0.25) is 0 Å². The third-order valence-corrected chi connectivity index (χ3v) is 3.62. The van der Waals surface area contributed by atoms with E-state index in [0.717, 1.165) is 19.2 Å². The Balaban J connectivity index is 2.22. The van der Waals surface area contributed by atoms with Crippen molar-refractivity contribution in [3.8, 4) is 0 Å². The second kappa shape index (κ2) is 7.99. The molecule has 138 valence electrons. The van der Waals surface area contributed by atoms with E-state index in [1.807, 2.05) is 0 Å². The molecule has 0 bridgehead atoms. The summed E-state index contributed by atoms with van der Waals surface area (Å²) in [5, 5.41) is 2.29. The van der Waals surface area contributed by atoms with E-state index in [4.69, 9.17) is 0 Å². The molecular formula is C18H15F4NO3. The van der Waals surface area contributed by atoms with Crippen molar-refractivity contribution in [2.75, 3.05) is 7.11 Å². The molecule has 4 nitrogen and oxygen atoms in total. The van der Waals surface area contributed by atoms with E-state index in [-0.39, 0.29) is 17.5 Å². The van der Waals surface area contributed by atoms with Gasteiger partial charge in [0.15, 0.2) is 0 Å². The highest BCUT2D eigenvalue weighted by Gasteiger charge is 2.31. The fourth-order valence-electron chi connectivity index (χ4n) is 2.30. The normalized spacial score (nSPS) is 12.3. The van der Waals surface area contributed by atoms with Crippen LogP contribution in [-0.4, -0.2) is 25.0 Å². The summed E-state index contributed by atoms with van der Waals surface area (Å²) in [7, 11) is 1.09. The van der Waals surface area contributed by atoms with Crippen LogP contribution in [0.4, 0.5) is 17.6 Å². The maximum Gasteiger partial charge on any atom is 0.416 e. The first kappa shape index (κ1) is 19.4. The SMILES string of the molecule is COC(=O)[C@@H](Cc1ccccc1F)NC(=O)c1cccc(C(F)(F)F)c1. The average molecular weight is 369 g/mol. The third-order valence-electron chi connectivity index (χ3n) is 3.62. The van der Waals surface area contributed by atoms with Gasteiger partial charge >= 0.3 is 12.1 Å². The van der Waals surface area contributed by atoms with Crippen LogP contribution in [0.25, 0.3) is 0 Å². The van der Waals surface area contributed by atoms with Crippen LogP contribution >= 0.6 is 0 Å². The minimum Gasteiger partial charge on any atom is -0.467 e. The van der Waals surface area contributed by atoms with Crippen molar-refractivity contribution in [3.05, 3.63) is 71.0 Å². The molecule has 0 unspecified atom stereocenters. The number of nitrogens with one attached hydrogen (secondary N) is 1. The Kier molecular flexibility index (Phi) is 5.97. The predicted octanol–water partition coefficient (Wildman–Crippen LogP) is 3.36. The van der Waals surface area contributed by atoms with Gasteiger partial charge in [0.25, 0.3) is 5.91 Å². The number of ether oxygens (including phenoxy) is 1. The van der Waals surface area contributed by atoms with E-state index in [0.29, 0.717) is 6.07 Å². The van der Waals surface area contributed by atoms with Crippen LogP contribution in [0.2, 0.25) is 0 Å². The zero-order valence-electron chi connectivity index (χ0n) is 13.6. The second-order valence-corrected chi connectivity index (χ2v) is 5.42. The fraction of sp³-hybridized carbons (Fsp3) is 0.222. The standard InChI is InChI=1S/C18H15F4NO3/c1-26-17(25)15(10-11-5-2-3-8-14(11)19)23-16(24)12-6-4-7-13(9-12)18(20,21)22/h2-9,15H,10H2,1H3,(H,23,24)/t15-/m1/s1. The number of halogens is 4. The quantitative estimate of drug-likeness (QED) is 0.650. The van der Waals surface area contributed by atoms with Crippen LogP contribution in [0.15, 0.2) is 48.5 Å². The van der Waals surface area contributed by atoms with E-state index < -0.39 is 35.5 Å². The van der Waals surface area contributed by atoms with Crippen LogP contribution in [0.3, 0.4) is 0 Å². The molecule has 1 amide bonds. The number of benzene rings is 2. The summed E-state index contributed by atoms with van der Waals surface area (Å²) in [6.45, 7) is 0. The number of carbonyl (C=O) groups is 2. The summed E-state index contributed by atoms with van der Waals surface area (Å²) >= 11 is 0. The Labute approximate surface area is 146 Å². The van der Waals surface area contributed by atoms with E-state index in [2.05, 4.69) is 10.1 Å². The lowest BCUT2D eigenvalue weighted by Gasteiger charge is -2.17. The maximum absolute atomic E-state index is 13.8. The number of hydrogen-bond acceptors (Lipinski definition) is 3. The van der Waals surface area contributed by atoms with Crippen LogP contribution in [0.5, 0.6) is 0 Å². The van der Waals surface area contributed by atoms with Crippen molar-refractivity contribution < 1.29 is 31.9 Å². The van der Waals surface area contributed by atoms with Crippen LogP contribution in [0, 0.1) is 5.82 Å². The molecule has 2 aromatic rings. The highest BCUT2D eigenvalue weighted by Crippen LogP contribution is 2.29. The Hall–Kier alpha value is -2.90. The Morgan fingerprint density at radius 2 is 1.81 bits per heavy atom. The lowest BCUT2D eigenvalue weighted by Crippen LogP contribution is -2.43. The molecule has 1 N–H and O–H groups in total. The summed E-state index contributed by atoms with van der Waals surface area (Å²) in [6.07, 6.45) is -4.81. The molecule has 0 spiro atoms. The largest absolute Gasteiger partial charge is 0.467 e. The van der Waals surface area contributed by atoms with Crippen LogP contribution < -0.4 is 5.32 Å². The molecule has 0 aliphatic heterocycles. The first-order valence-electron chi connectivity index (χ1n) is 7.51. The number of amides is 1. The zero-order chi connectivity index (χ0) is 19.3. The number of alkyl halides is 3. The van der Waals surface area contributed by atoms with Gasteiger partial charge in [-0.15, -0.1) is 0 Å². The fourth-order valence-corrected chi connectivity index (χ4v) is 2.30. The van der Waals surface area contributed by atoms with E-state index >= 15 is 0 Å². The van der Waals surface area contributed by atoms with Crippen molar-refractivity contribution in [2.24, 2.45) is 0 Å². The van der Waals surface area contributed by atoms with Gasteiger partial charge in [0.05, 0.1) is 12.7 Å². The summed E-state index contributed by atoms with van der Waals surface area (Å²) < 4.78 is 56.6. The molecule has 0 aromatic heterocycles. The average Bonchev–Trinajstić information content (AvgIpc) is 2.61. The van der Waals surface area contributed by atoms with Crippen molar-refractivity contribution in [1.82, 2.24) is 5.32 Å². The molecule has 0 fully saturated rings. The smallest absolute Gasteiger partial charge is 0.416 e. The summed E-state index contributed by atoms with van der Waals surface area (Å²) in [4.78, 5) is 24.1. The molecule has 0 radical (unpaired) electrons. The predicted molar refractivity (Wildman–Crippen MR) is 84.8 cm³/mol.